The monoisotopic (exact) mass is 266 g/mol. The highest BCUT2D eigenvalue weighted by molar-refractivity contribution is 5.06. The van der Waals surface area contributed by atoms with Crippen molar-refractivity contribution in [1.82, 2.24) is 0 Å². The third kappa shape index (κ3) is 2.60. The normalized spacial score (nSPS) is 38.1. The summed E-state index contributed by atoms with van der Waals surface area (Å²) in [6.45, 7) is 11.8. The van der Waals surface area contributed by atoms with Crippen molar-refractivity contribution in [2.24, 2.45) is 35.0 Å². The molecule has 19 heavy (non-hydrogen) atoms. The summed E-state index contributed by atoms with van der Waals surface area (Å²) in [7, 11) is 0. The van der Waals surface area contributed by atoms with Crippen molar-refractivity contribution >= 4 is 0 Å². The Morgan fingerprint density at radius 2 is 1.68 bits per heavy atom. The van der Waals surface area contributed by atoms with Gasteiger partial charge < -0.3 is 5.11 Å². The molecule has 3 aliphatic carbocycles. The Morgan fingerprint density at radius 1 is 1.11 bits per heavy atom. The van der Waals surface area contributed by atoms with E-state index in [2.05, 4.69) is 34.6 Å². The number of rotatable bonds is 6. The Hall–Kier alpha value is -0.0400. The SMILES string of the molecule is CCCC(CCC)C(O)C1CC2CC(C1C)C2(C)C. The van der Waals surface area contributed by atoms with Crippen LogP contribution in [-0.4, -0.2) is 11.2 Å². The predicted molar refractivity (Wildman–Crippen MR) is 82.0 cm³/mol. The van der Waals surface area contributed by atoms with Crippen LogP contribution in [0.4, 0.5) is 0 Å². The molecule has 3 aliphatic rings. The van der Waals surface area contributed by atoms with Gasteiger partial charge in [-0.15, -0.1) is 0 Å². The Labute approximate surface area is 120 Å². The number of hydrogen-bond acceptors (Lipinski definition) is 1. The van der Waals surface area contributed by atoms with Crippen LogP contribution in [0.5, 0.6) is 0 Å². The summed E-state index contributed by atoms with van der Waals surface area (Å²) in [5.41, 5.74) is 0.542. The van der Waals surface area contributed by atoms with E-state index in [9.17, 15) is 5.11 Å². The lowest BCUT2D eigenvalue weighted by molar-refractivity contribution is -0.160. The molecule has 0 aromatic carbocycles. The number of fused-ring (bicyclic) bond motifs is 2. The Bertz CT molecular complexity index is 290. The largest absolute Gasteiger partial charge is 0.393 e. The van der Waals surface area contributed by atoms with E-state index in [4.69, 9.17) is 0 Å². The lowest BCUT2D eigenvalue weighted by Gasteiger charge is -2.63. The Kier molecular flexibility index (Phi) is 4.65. The van der Waals surface area contributed by atoms with Gasteiger partial charge in [-0.2, -0.15) is 0 Å². The topological polar surface area (TPSA) is 20.2 Å². The minimum atomic E-state index is -0.0451. The zero-order valence-corrected chi connectivity index (χ0v) is 13.7. The first-order chi connectivity index (χ1) is 8.93. The molecule has 1 heteroatoms. The van der Waals surface area contributed by atoms with Gasteiger partial charge in [-0.05, 0) is 60.7 Å². The standard InChI is InChI=1S/C18H34O/c1-6-8-13(9-7-2)17(19)15-10-14-11-16(12(15)3)18(14,4)5/h12-17,19H,6-11H2,1-5H3. The van der Waals surface area contributed by atoms with E-state index in [1.54, 1.807) is 0 Å². The zero-order valence-electron chi connectivity index (χ0n) is 13.7. The number of aliphatic hydroxyl groups excluding tert-OH is 1. The van der Waals surface area contributed by atoms with Crippen molar-refractivity contribution in [2.45, 2.75) is 79.2 Å². The molecule has 0 radical (unpaired) electrons. The summed E-state index contributed by atoms with van der Waals surface area (Å²) in [4.78, 5) is 0. The molecule has 0 amide bonds. The molecule has 0 spiro atoms. The van der Waals surface area contributed by atoms with Gasteiger partial charge in [-0.1, -0.05) is 47.5 Å². The molecule has 0 aromatic heterocycles. The van der Waals surface area contributed by atoms with Gasteiger partial charge in [0.05, 0.1) is 6.10 Å². The van der Waals surface area contributed by atoms with Gasteiger partial charge in [0.1, 0.15) is 0 Å². The third-order valence-corrected chi connectivity index (χ3v) is 6.65. The summed E-state index contributed by atoms with van der Waals surface area (Å²) in [6.07, 6.45) is 7.48. The van der Waals surface area contributed by atoms with Crippen molar-refractivity contribution in [3.8, 4) is 0 Å². The maximum atomic E-state index is 10.9. The highest BCUT2D eigenvalue weighted by Crippen LogP contribution is 2.63. The van der Waals surface area contributed by atoms with Crippen LogP contribution in [-0.2, 0) is 0 Å². The molecule has 0 aromatic rings. The fraction of sp³-hybridized carbons (Fsp3) is 1.00. The minimum absolute atomic E-state index is 0.0451. The van der Waals surface area contributed by atoms with Gasteiger partial charge in [0.2, 0.25) is 0 Å². The van der Waals surface area contributed by atoms with Crippen molar-refractivity contribution in [3.63, 3.8) is 0 Å². The molecule has 0 saturated heterocycles. The van der Waals surface area contributed by atoms with Crippen LogP contribution in [0, 0.1) is 35.0 Å². The average Bonchev–Trinajstić information content (AvgIpc) is 2.37. The molecule has 1 N–H and O–H groups in total. The fourth-order valence-corrected chi connectivity index (χ4v) is 5.22. The number of hydrogen-bond donors (Lipinski definition) is 1. The first-order valence-corrected chi connectivity index (χ1v) is 8.61. The minimum Gasteiger partial charge on any atom is -0.393 e. The predicted octanol–water partition coefficient (Wildman–Crippen LogP) is 4.88. The van der Waals surface area contributed by atoms with Gasteiger partial charge in [-0.25, -0.2) is 0 Å². The van der Waals surface area contributed by atoms with Crippen LogP contribution < -0.4 is 0 Å². The average molecular weight is 266 g/mol. The molecule has 1 nitrogen and oxygen atoms in total. The van der Waals surface area contributed by atoms with Crippen molar-refractivity contribution in [2.75, 3.05) is 0 Å². The lowest BCUT2D eigenvalue weighted by Crippen LogP contribution is -2.57. The van der Waals surface area contributed by atoms with Gasteiger partial charge >= 0.3 is 0 Å². The quantitative estimate of drug-likeness (QED) is 0.726. The summed E-state index contributed by atoms with van der Waals surface area (Å²) in [5.74, 6) is 3.56. The highest BCUT2D eigenvalue weighted by Gasteiger charge is 2.57. The molecule has 3 fully saturated rings. The van der Waals surface area contributed by atoms with Gasteiger partial charge in [-0.3, -0.25) is 0 Å². The molecule has 3 rings (SSSR count). The van der Waals surface area contributed by atoms with Gasteiger partial charge in [0, 0.05) is 0 Å². The molecular weight excluding hydrogens is 232 g/mol. The third-order valence-electron chi connectivity index (χ3n) is 6.65. The van der Waals surface area contributed by atoms with Crippen LogP contribution in [0.25, 0.3) is 0 Å². The lowest BCUT2D eigenvalue weighted by atomic mass is 9.42. The summed E-state index contributed by atoms with van der Waals surface area (Å²) in [6, 6.07) is 0. The van der Waals surface area contributed by atoms with Crippen molar-refractivity contribution in [1.29, 1.82) is 0 Å². The van der Waals surface area contributed by atoms with Crippen LogP contribution in [0.3, 0.4) is 0 Å². The molecule has 112 valence electrons. The first-order valence-electron chi connectivity index (χ1n) is 8.61. The van der Waals surface area contributed by atoms with E-state index < -0.39 is 0 Å². The van der Waals surface area contributed by atoms with E-state index in [0.717, 1.165) is 11.8 Å². The zero-order chi connectivity index (χ0) is 14.2. The van der Waals surface area contributed by atoms with E-state index in [0.29, 0.717) is 23.2 Å². The fourth-order valence-electron chi connectivity index (χ4n) is 5.22. The van der Waals surface area contributed by atoms with E-state index in [-0.39, 0.29) is 6.10 Å². The molecular formula is C18H34O. The van der Waals surface area contributed by atoms with Crippen molar-refractivity contribution in [3.05, 3.63) is 0 Å². The smallest absolute Gasteiger partial charge is 0.0599 e. The Morgan fingerprint density at radius 3 is 2.11 bits per heavy atom. The molecule has 5 unspecified atom stereocenters. The van der Waals surface area contributed by atoms with Crippen LogP contribution in [0.15, 0.2) is 0 Å². The van der Waals surface area contributed by atoms with E-state index >= 15 is 0 Å². The maximum Gasteiger partial charge on any atom is 0.0599 e. The molecule has 0 aliphatic heterocycles. The summed E-state index contributed by atoms with van der Waals surface area (Å²) in [5, 5.41) is 10.9. The number of aliphatic hydroxyl groups is 1. The van der Waals surface area contributed by atoms with Crippen LogP contribution in [0.2, 0.25) is 0 Å². The van der Waals surface area contributed by atoms with Gasteiger partial charge in [0.25, 0.3) is 0 Å². The van der Waals surface area contributed by atoms with Crippen LogP contribution >= 0.6 is 0 Å². The second kappa shape index (κ2) is 5.76. The molecule has 2 bridgehead atoms. The molecule has 3 saturated carbocycles. The summed E-state index contributed by atoms with van der Waals surface area (Å²) >= 11 is 0. The second-order valence-electron chi connectivity index (χ2n) is 7.95. The van der Waals surface area contributed by atoms with Crippen LogP contribution in [0.1, 0.15) is 73.1 Å². The maximum absolute atomic E-state index is 10.9. The summed E-state index contributed by atoms with van der Waals surface area (Å²) < 4.78 is 0. The van der Waals surface area contributed by atoms with Crippen molar-refractivity contribution < 1.29 is 5.11 Å². The molecule has 0 heterocycles. The Balaban J connectivity index is 2.02. The highest BCUT2D eigenvalue weighted by atomic mass is 16.3. The van der Waals surface area contributed by atoms with E-state index in [1.807, 2.05) is 0 Å². The molecule has 5 atom stereocenters. The second-order valence-corrected chi connectivity index (χ2v) is 7.95. The first kappa shape index (κ1) is 15.4. The van der Waals surface area contributed by atoms with Gasteiger partial charge in [0.15, 0.2) is 0 Å². The van der Waals surface area contributed by atoms with E-state index in [1.165, 1.54) is 38.5 Å².